The quantitative estimate of drug-likeness (QED) is 0.332. The molecule has 2 amide bonds. The van der Waals surface area contributed by atoms with Gasteiger partial charge in [0.15, 0.2) is 5.96 Å². The Hall–Kier alpha value is -3.68. The highest BCUT2D eigenvalue weighted by Gasteiger charge is 2.34. The molecule has 0 aliphatic carbocycles. The monoisotopic (exact) mass is 407 g/mol. The molecule has 1 aliphatic rings. The van der Waals surface area contributed by atoms with Gasteiger partial charge in [0, 0.05) is 43.8 Å². The van der Waals surface area contributed by atoms with Crippen molar-refractivity contribution in [2.75, 3.05) is 26.7 Å². The number of nitrogens with one attached hydrogen (secondary N) is 3. The number of carbonyl (C=O) groups excluding carboxylic acids is 2. The second-order valence-corrected chi connectivity index (χ2v) is 6.99. The standard InChI is InChI=1S/C22H22FN5O2/c1-24-22(25-9-8-14-13-27-19-12-15(23)6-7-16(14)19)26-10-11-28-20(29)17-4-2-3-5-18(17)21(28)30/h2-7,12-13,27H,8-11H2,1H3,(H2,24,25,26). The van der Waals surface area contributed by atoms with Crippen LogP contribution in [0.3, 0.4) is 0 Å². The van der Waals surface area contributed by atoms with Crippen molar-refractivity contribution in [3.05, 3.63) is 71.2 Å². The molecule has 0 spiro atoms. The molecule has 0 saturated heterocycles. The Morgan fingerprint density at radius 3 is 2.47 bits per heavy atom. The summed E-state index contributed by atoms with van der Waals surface area (Å²) in [5.74, 6) is -0.221. The Morgan fingerprint density at radius 2 is 1.77 bits per heavy atom. The Morgan fingerprint density at radius 1 is 1.07 bits per heavy atom. The van der Waals surface area contributed by atoms with Crippen molar-refractivity contribution in [3.8, 4) is 0 Å². The fraction of sp³-hybridized carbons (Fsp3) is 0.227. The van der Waals surface area contributed by atoms with Gasteiger partial charge < -0.3 is 15.6 Å². The number of aromatic amines is 1. The van der Waals surface area contributed by atoms with E-state index in [4.69, 9.17) is 0 Å². The number of nitrogens with zero attached hydrogens (tertiary/aromatic N) is 2. The van der Waals surface area contributed by atoms with Crippen molar-refractivity contribution < 1.29 is 14.0 Å². The lowest BCUT2D eigenvalue weighted by atomic mass is 10.1. The minimum Gasteiger partial charge on any atom is -0.361 e. The second-order valence-electron chi connectivity index (χ2n) is 6.99. The van der Waals surface area contributed by atoms with Crippen molar-refractivity contribution in [1.82, 2.24) is 20.5 Å². The number of amides is 2. The van der Waals surface area contributed by atoms with Crippen LogP contribution >= 0.6 is 0 Å². The summed E-state index contributed by atoms with van der Waals surface area (Å²) >= 11 is 0. The molecule has 154 valence electrons. The summed E-state index contributed by atoms with van der Waals surface area (Å²) in [4.78, 5) is 33.3. The summed E-state index contributed by atoms with van der Waals surface area (Å²) in [6.45, 7) is 1.26. The van der Waals surface area contributed by atoms with E-state index in [1.165, 1.54) is 17.0 Å². The van der Waals surface area contributed by atoms with E-state index in [0.29, 0.717) is 30.2 Å². The number of hydrogen-bond donors (Lipinski definition) is 3. The normalized spacial score (nSPS) is 13.8. The largest absolute Gasteiger partial charge is 0.361 e. The smallest absolute Gasteiger partial charge is 0.261 e. The third-order valence-corrected chi connectivity index (χ3v) is 5.15. The maximum absolute atomic E-state index is 13.3. The molecule has 30 heavy (non-hydrogen) atoms. The van der Waals surface area contributed by atoms with Gasteiger partial charge in [-0.05, 0) is 42.3 Å². The van der Waals surface area contributed by atoms with Crippen molar-refractivity contribution in [1.29, 1.82) is 0 Å². The van der Waals surface area contributed by atoms with E-state index in [-0.39, 0.29) is 24.2 Å². The second kappa shape index (κ2) is 8.36. The highest BCUT2D eigenvalue weighted by molar-refractivity contribution is 6.21. The summed E-state index contributed by atoms with van der Waals surface area (Å²) in [5.41, 5.74) is 2.75. The zero-order chi connectivity index (χ0) is 21.1. The number of imide groups is 1. The van der Waals surface area contributed by atoms with Crippen LogP contribution in [0.25, 0.3) is 10.9 Å². The van der Waals surface area contributed by atoms with Crippen molar-refractivity contribution in [3.63, 3.8) is 0 Å². The first-order valence-electron chi connectivity index (χ1n) is 9.73. The predicted octanol–water partition coefficient (Wildman–Crippen LogP) is 2.31. The first-order chi connectivity index (χ1) is 14.6. The van der Waals surface area contributed by atoms with Gasteiger partial charge in [-0.25, -0.2) is 4.39 Å². The fourth-order valence-electron chi connectivity index (χ4n) is 3.63. The Kier molecular flexibility index (Phi) is 5.47. The molecule has 0 atom stereocenters. The number of aliphatic imine (C=N–C) groups is 1. The van der Waals surface area contributed by atoms with Gasteiger partial charge in [-0.1, -0.05) is 12.1 Å². The van der Waals surface area contributed by atoms with Crippen LogP contribution in [0.1, 0.15) is 26.3 Å². The molecule has 0 radical (unpaired) electrons. The van der Waals surface area contributed by atoms with E-state index in [2.05, 4.69) is 20.6 Å². The van der Waals surface area contributed by atoms with E-state index >= 15 is 0 Å². The number of rotatable bonds is 6. The first-order valence-corrected chi connectivity index (χ1v) is 9.73. The molecular formula is C22H22FN5O2. The summed E-state index contributed by atoms with van der Waals surface area (Å²) in [7, 11) is 1.66. The number of H-pyrrole nitrogens is 1. The van der Waals surface area contributed by atoms with Crippen LogP contribution in [0.15, 0.2) is 53.7 Å². The van der Waals surface area contributed by atoms with Crippen molar-refractivity contribution in [2.24, 2.45) is 4.99 Å². The average Bonchev–Trinajstić information content (AvgIpc) is 3.26. The molecule has 3 N–H and O–H groups in total. The van der Waals surface area contributed by atoms with Gasteiger partial charge in [0.25, 0.3) is 11.8 Å². The van der Waals surface area contributed by atoms with Crippen LogP contribution in [-0.4, -0.2) is 54.3 Å². The van der Waals surface area contributed by atoms with Crippen molar-refractivity contribution in [2.45, 2.75) is 6.42 Å². The zero-order valence-corrected chi connectivity index (χ0v) is 16.5. The molecular weight excluding hydrogens is 385 g/mol. The minimum absolute atomic E-state index is 0.251. The molecule has 2 heterocycles. The third-order valence-electron chi connectivity index (χ3n) is 5.15. The summed E-state index contributed by atoms with van der Waals surface area (Å²) in [5, 5.41) is 7.33. The highest BCUT2D eigenvalue weighted by Crippen LogP contribution is 2.22. The molecule has 4 rings (SSSR count). The first kappa shape index (κ1) is 19.6. The molecule has 0 unspecified atom stereocenters. The summed E-state index contributed by atoms with van der Waals surface area (Å²) in [6.07, 6.45) is 2.61. The molecule has 0 saturated carbocycles. The van der Waals surface area contributed by atoms with Gasteiger partial charge in [-0.15, -0.1) is 0 Å². The molecule has 1 aromatic heterocycles. The SMILES string of the molecule is CN=C(NCCc1c[nH]c2cc(F)ccc12)NCCN1C(=O)c2ccccc2C1=O. The third kappa shape index (κ3) is 3.76. The Balaban J connectivity index is 1.27. The van der Waals surface area contributed by atoms with Crippen LogP contribution < -0.4 is 10.6 Å². The molecule has 0 fully saturated rings. The summed E-state index contributed by atoms with van der Waals surface area (Å²) in [6, 6.07) is 11.5. The highest BCUT2D eigenvalue weighted by atomic mass is 19.1. The van der Waals surface area contributed by atoms with E-state index in [1.54, 1.807) is 37.4 Å². The van der Waals surface area contributed by atoms with E-state index in [1.807, 2.05) is 6.20 Å². The van der Waals surface area contributed by atoms with E-state index < -0.39 is 0 Å². The molecule has 3 aromatic rings. The van der Waals surface area contributed by atoms with Crippen LogP contribution in [0, 0.1) is 5.82 Å². The average molecular weight is 407 g/mol. The number of aromatic nitrogens is 1. The Bertz CT molecular complexity index is 1100. The van der Waals surface area contributed by atoms with Crippen LogP contribution in [0.5, 0.6) is 0 Å². The minimum atomic E-state index is -0.267. The topological polar surface area (TPSA) is 89.6 Å². The van der Waals surface area contributed by atoms with Gasteiger partial charge in [0.05, 0.1) is 11.1 Å². The number of carbonyl (C=O) groups is 2. The molecule has 8 heteroatoms. The lowest BCUT2D eigenvalue weighted by molar-refractivity contribution is 0.0657. The molecule has 7 nitrogen and oxygen atoms in total. The van der Waals surface area contributed by atoms with Gasteiger partial charge in [-0.3, -0.25) is 19.5 Å². The number of fused-ring (bicyclic) bond motifs is 2. The number of guanidine groups is 1. The lowest BCUT2D eigenvalue weighted by Gasteiger charge is -2.16. The number of halogens is 1. The van der Waals surface area contributed by atoms with Crippen LogP contribution in [0.4, 0.5) is 4.39 Å². The number of hydrogen-bond acceptors (Lipinski definition) is 3. The maximum atomic E-state index is 13.3. The van der Waals surface area contributed by atoms with E-state index in [0.717, 1.165) is 22.9 Å². The van der Waals surface area contributed by atoms with Crippen molar-refractivity contribution >= 4 is 28.7 Å². The maximum Gasteiger partial charge on any atom is 0.261 e. The van der Waals surface area contributed by atoms with Gasteiger partial charge >= 0.3 is 0 Å². The summed E-state index contributed by atoms with van der Waals surface area (Å²) < 4.78 is 13.3. The molecule has 1 aliphatic heterocycles. The van der Waals surface area contributed by atoms with Gasteiger partial charge in [0.2, 0.25) is 0 Å². The zero-order valence-electron chi connectivity index (χ0n) is 16.5. The fourth-order valence-corrected chi connectivity index (χ4v) is 3.63. The molecule has 2 aromatic carbocycles. The number of benzene rings is 2. The van der Waals surface area contributed by atoms with Gasteiger partial charge in [-0.2, -0.15) is 0 Å². The van der Waals surface area contributed by atoms with Gasteiger partial charge in [0.1, 0.15) is 5.82 Å². The van der Waals surface area contributed by atoms with E-state index in [9.17, 15) is 14.0 Å². The Labute approximate surface area is 173 Å². The lowest BCUT2D eigenvalue weighted by Crippen LogP contribution is -2.43. The van der Waals surface area contributed by atoms with Crippen LogP contribution in [0.2, 0.25) is 0 Å². The van der Waals surface area contributed by atoms with Crippen LogP contribution in [-0.2, 0) is 6.42 Å². The molecule has 0 bridgehead atoms. The predicted molar refractivity (Wildman–Crippen MR) is 113 cm³/mol.